The van der Waals surface area contributed by atoms with Gasteiger partial charge in [-0.2, -0.15) is 13.2 Å². The molecule has 2 amide bonds. The highest BCUT2D eigenvalue weighted by Gasteiger charge is 2.33. The van der Waals surface area contributed by atoms with Gasteiger partial charge in [0.25, 0.3) is 5.91 Å². The Kier molecular flexibility index (Phi) is 7.86. The number of ether oxygens (including phenoxy) is 1. The predicted octanol–water partition coefficient (Wildman–Crippen LogP) is 4.17. The minimum atomic E-state index is -4.56. The number of rotatable bonds is 6. The lowest BCUT2D eigenvalue weighted by Gasteiger charge is -2.34. The first-order valence-electron chi connectivity index (χ1n) is 9.67. The zero-order valence-electron chi connectivity index (χ0n) is 16.8. The van der Waals surface area contributed by atoms with E-state index in [4.69, 9.17) is 27.9 Å². The fraction of sp³-hybridized carbons (Fsp3) is 0.333. The molecule has 0 spiro atoms. The summed E-state index contributed by atoms with van der Waals surface area (Å²) in [6.07, 6.45) is -4.56. The maximum atomic E-state index is 13.1. The minimum absolute atomic E-state index is 0.0776. The Morgan fingerprint density at radius 3 is 2.25 bits per heavy atom. The van der Waals surface area contributed by atoms with Crippen molar-refractivity contribution in [1.29, 1.82) is 0 Å². The van der Waals surface area contributed by atoms with Gasteiger partial charge >= 0.3 is 6.18 Å². The van der Waals surface area contributed by atoms with Crippen LogP contribution in [0.3, 0.4) is 0 Å². The predicted molar refractivity (Wildman–Crippen MR) is 115 cm³/mol. The highest BCUT2D eigenvalue weighted by molar-refractivity contribution is 6.34. The Morgan fingerprint density at radius 1 is 1.00 bits per heavy atom. The quantitative estimate of drug-likeness (QED) is 0.661. The third-order valence-corrected chi connectivity index (χ3v) is 5.23. The topological polar surface area (TPSA) is 61.9 Å². The highest BCUT2D eigenvalue weighted by atomic mass is 35.5. The van der Waals surface area contributed by atoms with Gasteiger partial charge in [0.05, 0.1) is 17.8 Å². The molecule has 0 atom stereocenters. The maximum absolute atomic E-state index is 13.1. The molecule has 32 heavy (non-hydrogen) atoms. The monoisotopic (exact) mass is 489 g/mol. The molecule has 2 aromatic rings. The Balaban J connectivity index is 1.45. The van der Waals surface area contributed by atoms with Crippen LogP contribution in [0.4, 0.5) is 18.9 Å². The largest absolute Gasteiger partial charge is 0.484 e. The number of piperazine rings is 1. The molecule has 1 heterocycles. The van der Waals surface area contributed by atoms with Crippen molar-refractivity contribution in [2.24, 2.45) is 0 Å². The Bertz CT molecular complexity index is 960. The molecular formula is C21H20Cl2F3N3O3. The number of hydrogen-bond donors (Lipinski definition) is 1. The van der Waals surface area contributed by atoms with Gasteiger partial charge in [-0.1, -0.05) is 35.3 Å². The van der Waals surface area contributed by atoms with E-state index in [-0.39, 0.29) is 24.7 Å². The molecule has 11 heteroatoms. The zero-order chi connectivity index (χ0) is 23.3. The Labute approximate surface area is 192 Å². The first-order chi connectivity index (χ1) is 15.1. The van der Waals surface area contributed by atoms with Crippen LogP contribution in [0.15, 0.2) is 42.5 Å². The molecule has 1 fully saturated rings. The van der Waals surface area contributed by atoms with Crippen LogP contribution in [0, 0.1) is 0 Å². The Hall–Kier alpha value is -2.49. The third-order valence-electron chi connectivity index (χ3n) is 4.80. The molecule has 172 valence electrons. The van der Waals surface area contributed by atoms with E-state index in [1.165, 1.54) is 18.2 Å². The van der Waals surface area contributed by atoms with Crippen molar-refractivity contribution >= 4 is 40.7 Å². The number of carbonyl (C=O) groups is 2. The molecule has 0 saturated carbocycles. The van der Waals surface area contributed by atoms with E-state index in [0.29, 0.717) is 42.0 Å². The van der Waals surface area contributed by atoms with Crippen molar-refractivity contribution in [3.8, 4) is 5.75 Å². The minimum Gasteiger partial charge on any atom is -0.484 e. The van der Waals surface area contributed by atoms with Crippen LogP contribution in [-0.2, 0) is 15.8 Å². The average Bonchev–Trinajstić information content (AvgIpc) is 2.71. The number of alkyl halides is 3. The first-order valence-corrected chi connectivity index (χ1v) is 10.4. The van der Waals surface area contributed by atoms with Gasteiger partial charge in [-0.15, -0.1) is 0 Å². The molecule has 0 aromatic heterocycles. The van der Waals surface area contributed by atoms with Gasteiger partial charge in [-0.05, 0) is 30.3 Å². The molecule has 0 unspecified atom stereocenters. The number of anilines is 1. The molecule has 1 saturated heterocycles. The maximum Gasteiger partial charge on any atom is 0.418 e. The van der Waals surface area contributed by atoms with Gasteiger partial charge in [-0.3, -0.25) is 14.5 Å². The second-order valence-corrected chi connectivity index (χ2v) is 8.02. The number of halogens is 5. The fourth-order valence-electron chi connectivity index (χ4n) is 3.24. The van der Waals surface area contributed by atoms with Crippen molar-refractivity contribution in [3.63, 3.8) is 0 Å². The molecule has 0 bridgehead atoms. The first kappa shape index (κ1) is 24.2. The summed E-state index contributed by atoms with van der Waals surface area (Å²) >= 11 is 11.8. The second-order valence-electron chi connectivity index (χ2n) is 7.14. The molecule has 1 N–H and O–H groups in total. The summed E-state index contributed by atoms with van der Waals surface area (Å²) in [7, 11) is 0. The van der Waals surface area contributed by atoms with Gasteiger partial charge in [0.1, 0.15) is 5.75 Å². The van der Waals surface area contributed by atoms with Crippen LogP contribution in [0.5, 0.6) is 5.75 Å². The van der Waals surface area contributed by atoms with E-state index in [0.717, 1.165) is 6.07 Å². The molecule has 6 nitrogen and oxygen atoms in total. The lowest BCUT2D eigenvalue weighted by atomic mass is 10.1. The molecule has 0 radical (unpaired) electrons. The van der Waals surface area contributed by atoms with Crippen molar-refractivity contribution in [2.75, 3.05) is 44.6 Å². The standard InChI is InChI=1S/C21H20Cl2F3N3O3/c22-14-9-15(23)11-16(10-14)32-13-20(31)29-7-5-28(6-8-29)12-19(30)27-18-4-2-1-3-17(18)21(24,25)26/h1-4,9-11H,5-8,12-13H2,(H,27,30). The van der Waals surface area contributed by atoms with E-state index >= 15 is 0 Å². The number of hydrogen-bond acceptors (Lipinski definition) is 4. The van der Waals surface area contributed by atoms with E-state index in [2.05, 4.69) is 5.32 Å². The van der Waals surface area contributed by atoms with Crippen molar-refractivity contribution < 1.29 is 27.5 Å². The van der Waals surface area contributed by atoms with Crippen molar-refractivity contribution in [1.82, 2.24) is 9.80 Å². The van der Waals surface area contributed by atoms with Gasteiger partial charge in [-0.25, -0.2) is 0 Å². The SMILES string of the molecule is O=C(CN1CCN(C(=O)COc2cc(Cl)cc(Cl)c2)CC1)Nc1ccccc1C(F)(F)F. The molecule has 3 rings (SSSR count). The van der Waals surface area contributed by atoms with E-state index < -0.39 is 17.6 Å². The summed E-state index contributed by atoms with van der Waals surface area (Å²) in [6.45, 7) is 1.28. The van der Waals surface area contributed by atoms with Crippen LogP contribution in [0.2, 0.25) is 10.0 Å². The number of benzene rings is 2. The number of carbonyl (C=O) groups excluding carboxylic acids is 2. The number of nitrogens with zero attached hydrogens (tertiary/aromatic N) is 2. The molecule has 1 aliphatic rings. The van der Waals surface area contributed by atoms with Gasteiger partial charge in [0.2, 0.25) is 5.91 Å². The van der Waals surface area contributed by atoms with Gasteiger partial charge in [0, 0.05) is 36.2 Å². The van der Waals surface area contributed by atoms with Crippen LogP contribution in [0.1, 0.15) is 5.56 Å². The lowest BCUT2D eigenvalue weighted by molar-refractivity contribution is -0.137. The van der Waals surface area contributed by atoms with Gasteiger partial charge in [0.15, 0.2) is 6.61 Å². The molecule has 2 aromatic carbocycles. The Morgan fingerprint density at radius 2 is 1.62 bits per heavy atom. The smallest absolute Gasteiger partial charge is 0.418 e. The summed E-state index contributed by atoms with van der Waals surface area (Å²) < 4.78 is 44.6. The number of nitrogens with one attached hydrogen (secondary N) is 1. The van der Waals surface area contributed by atoms with E-state index in [1.54, 1.807) is 28.0 Å². The van der Waals surface area contributed by atoms with Crippen molar-refractivity contribution in [2.45, 2.75) is 6.18 Å². The molecule has 1 aliphatic heterocycles. The molecular weight excluding hydrogens is 470 g/mol. The average molecular weight is 490 g/mol. The molecule has 0 aliphatic carbocycles. The van der Waals surface area contributed by atoms with Crippen LogP contribution < -0.4 is 10.1 Å². The summed E-state index contributed by atoms with van der Waals surface area (Å²) in [5, 5.41) is 3.11. The van der Waals surface area contributed by atoms with Crippen LogP contribution >= 0.6 is 23.2 Å². The fourth-order valence-corrected chi connectivity index (χ4v) is 3.74. The highest BCUT2D eigenvalue weighted by Crippen LogP contribution is 2.34. The third kappa shape index (κ3) is 6.75. The summed E-state index contributed by atoms with van der Waals surface area (Å²) in [6, 6.07) is 9.47. The van der Waals surface area contributed by atoms with Crippen LogP contribution in [-0.4, -0.2) is 60.9 Å². The normalized spacial score (nSPS) is 14.8. The van der Waals surface area contributed by atoms with E-state index in [9.17, 15) is 22.8 Å². The zero-order valence-corrected chi connectivity index (χ0v) is 18.3. The van der Waals surface area contributed by atoms with Gasteiger partial charge < -0.3 is 15.0 Å². The van der Waals surface area contributed by atoms with Crippen molar-refractivity contribution in [3.05, 3.63) is 58.1 Å². The van der Waals surface area contributed by atoms with E-state index in [1.807, 2.05) is 0 Å². The second kappa shape index (κ2) is 10.4. The number of amides is 2. The number of para-hydroxylation sites is 1. The summed E-state index contributed by atoms with van der Waals surface area (Å²) in [5.41, 5.74) is -1.18. The summed E-state index contributed by atoms with van der Waals surface area (Å²) in [5.74, 6) is -0.405. The lowest BCUT2D eigenvalue weighted by Crippen LogP contribution is -2.51. The summed E-state index contributed by atoms with van der Waals surface area (Å²) in [4.78, 5) is 28.0. The van der Waals surface area contributed by atoms with Crippen LogP contribution in [0.25, 0.3) is 0 Å².